The number of hydrogen-bond acceptors (Lipinski definition) is 0. The van der Waals surface area contributed by atoms with Crippen molar-refractivity contribution in [3.63, 3.8) is 0 Å². The molecule has 0 bridgehead atoms. The average Bonchev–Trinajstić information content (AvgIpc) is 2.31. The van der Waals surface area contributed by atoms with Crippen LogP contribution in [0.15, 0.2) is 18.2 Å². The van der Waals surface area contributed by atoms with Crippen LogP contribution in [0.5, 0.6) is 0 Å². The van der Waals surface area contributed by atoms with Crippen LogP contribution in [0.3, 0.4) is 0 Å². The third-order valence-electron chi connectivity index (χ3n) is 3.76. The Morgan fingerprint density at radius 2 is 1.44 bits per heavy atom. The molecule has 0 nitrogen and oxygen atoms in total. The fraction of sp³-hybridized carbons (Fsp3) is 0.538. The molecule has 0 spiro atoms. The van der Waals surface area contributed by atoms with E-state index >= 15 is 0 Å². The van der Waals surface area contributed by atoms with Crippen molar-refractivity contribution in [2.75, 3.05) is 0 Å². The molecule has 18 heavy (non-hydrogen) atoms. The molecule has 0 radical (unpaired) electrons. The molecule has 0 amide bonds. The van der Waals surface area contributed by atoms with E-state index in [4.69, 9.17) is 0 Å². The summed E-state index contributed by atoms with van der Waals surface area (Å²) in [7, 11) is 0. The van der Waals surface area contributed by atoms with Crippen LogP contribution in [0.4, 0.5) is 12.9 Å². The van der Waals surface area contributed by atoms with Gasteiger partial charge in [0.2, 0.25) is 0 Å². The SMILES string of the molecule is CC1(C)CC(C)(C)c2cc([B-](F)(F)F)ccc21.[K+]. The van der Waals surface area contributed by atoms with Gasteiger partial charge in [0.25, 0.3) is 0 Å². The van der Waals surface area contributed by atoms with Gasteiger partial charge < -0.3 is 12.9 Å². The molecule has 1 aromatic rings. The zero-order chi connectivity index (χ0) is 13.1. The van der Waals surface area contributed by atoms with Gasteiger partial charge in [-0.2, -0.15) is 0 Å². The Morgan fingerprint density at radius 3 is 1.94 bits per heavy atom. The maximum Gasteiger partial charge on any atom is 1.00 e. The van der Waals surface area contributed by atoms with Crippen molar-refractivity contribution >= 4 is 12.4 Å². The van der Waals surface area contributed by atoms with E-state index in [1.165, 1.54) is 12.1 Å². The zero-order valence-electron chi connectivity index (χ0n) is 11.7. The molecule has 0 atom stereocenters. The molecule has 1 aliphatic carbocycles. The summed E-state index contributed by atoms with van der Waals surface area (Å²) < 4.78 is 38.3. The van der Waals surface area contributed by atoms with E-state index in [1.807, 2.05) is 13.8 Å². The molecule has 0 unspecified atom stereocenters. The monoisotopic (exact) mass is 280 g/mol. The maximum absolute atomic E-state index is 12.8. The van der Waals surface area contributed by atoms with Gasteiger partial charge in [-0.1, -0.05) is 45.9 Å². The van der Waals surface area contributed by atoms with E-state index in [2.05, 4.69) is 13.8 Å². The Balaban J connectivity index is 0.00000162. The van der Waals surface area contributed by atoms with E-state index < -0.39 is 12.4 Å². The molecule has 5 heteroatoms. The molecular formula is C13H17BF3K. The number of hydrogen-bond donors (Lipinski definition) is 0. The molecule has 1 aromatic carbocycles. The Bertz CT molecular complexity index is 464. The van der Waals surface area contributed by atoms with Crippen LogP contribution in [0.2, 0.25) is 0 Å². The molecule has 0 aromatic heterocycles. The topological polar surface area (TPSA) is 0 Å². The van der Waals surface area contributed by atoms with Crippen molar-refractivity contribution in [3.05, 3.63) is 29.3 Å². The van der Waals surface area contributed by atoms with Gasteiger partial charge in [0.05, 0.1) is 0 Å². The van der Waals surface area contributed by atoms with Gasteiger partial charge in [0.15, 0.2) is 0 Å². The fourth-order valence-corrected chi connectivity index (χ4v) is 3.21. The average molecular weight is 280 g/mol. The first-order chi connectivity index (χ1) is 7.54. The normalized spacial score (nSPS) is 20.2. The fourth-order valence-electron chi connectivity index (χ4n) is 3.21. The first-order valence-electron chi connectivity index (χ1n) is 5.89. The van der Waals surface area contributed by atoms with Crippen LogP contribution in [0.1, 0.15) is 45.2 Å². The largest absolute Gasteiger partial charge is 1.00 e. The summed E-state index contributed by atoms with van der Waals surface area (Å²) in [6.07, 6.45) is 0.893. The van der Waals surface area contributed by atoms with Crippen molar-refractivity contribution in [1.29, 1.82) is 0 Å². The second-order valence-corrected chi connectivity index (χ2v) is 6.32. The van der Waals surface area contributed by atoms with E-state index in [1.54, 1.807) is 6.07 Å². The third kappa shape index (κ3) is 2.90. The summed E-state index contributed by atoms with van der Waals surface area (Å²) in [5, 5.41) is 0. The second kappa shape index (κ2) is 4.92. The Morgan fingerprint density at radius 1 is 0.944 bits per heavy atom. The Kier molecular flexibility index (Phi) is 4.58. The van der Waals surface area contributed by atoms with Crippen molar-refractivity contribution in [2.24, 2.45) is 0 Å². The molecule has 0 heterocycles. The quantitative estimate of drug-likeness (QED) is 0.665. The molecular weight excluding hydrogens is 263 g/mol. The van der Waals surface area contributed by atoms with Crippen LogP contribution >= 0.6 is 0 Å². The van der Waals surface area contributed by atoms with Gasteiger partial charge in [-0.15, -0.1) is 5.46 Å². The Labute approximate surface area is 149 Å². The molecule has 94 valence electrons. The van der Waals surface area contributed by atoms with Crippen LogP contribution in [-0.4, -0.2) is 6.98 Å². The predicted octanol–water partition coefficient (Wildman–Crippen LogP) is 0.704. The van der Waals surface area contributed by atoms with Gasteiger partial charge in [0, 0.05) is 0 Å². The molecule has 0 saturated heterocycles. The molecule has 0 fully saturated rings. The summed E-state index contributed by atoms with van der Waals surface area (Å²) in [5.74, 6) is 0. The second-order valence-electron chi connectivity index (χ2n) is 6.32. The van der Waals surface area contributed by atoms with Gasteiger partial charge in [-0.3, -0.25) is 0 Å². The number of rotatable bonds is 1. The van der Waals surface area contributed by atoms with Crippen LogP contribution in [-0.2, 0) is 10.8 Å². The number of benzene rings is 1. The summed E-state index contributed by atoms with van der Waals surface area (Å²) in [4.78, 5) is 0. The Hall–Kier alpha value is 0.711. The number of fused-ring (bicyclic) bond motifs is 1. The molecule has 2 rings (SSSR count). The first kappa shape index (κ1) is 16.8. The molecule has 0 aliphatic heterocycles. The standard InChI is InChI=1S/C13H17BF3.K/c1-12(2)8-13(3,4)11-7-9(14(15,16)17)5-6-10(11)12;/h5-7H,8H2,1-4H3;/q-1;+1. The van der Waals surface area contributed by atoms with Crippen molar-refractivity contribution in [1.82, 2.24) is 0 Å². The van der Waals surface area contributed by atoms with E-state index in [0.29, 0.717) is 0 Å². The molecule has 0 N–H and O–H groups in total. The van der Waals surface area contributed by atoms with Crippen molar-refractivity contribution < 1.29 is 64.3 Å². The van der Waals surface area contributed by atoms with E-state index in [0.717, 1.165) is 17.5 Å². The summed E-state index contributed by atoms with van der Waals surface area (Å²) in [6, 6.07) is 4.24. The summed E-state index contributed by atoms with van der Waals surface area (Å²) in [5.41, 5.74) is 1.24. The van der Waals surface area contributed by atoms with Gasteiger partial charge in [-0.05, 0) is 28.4 Å². The minimum absolute atomic E-state index is 0. The first-order valence-corrected chi connectivity index (χ1v) is 5.89. The molecule has 0 saturated carbocycles. The van der Waals surface area contributed by atoms with Crippen molar-refractivity contribution in [2.45, 2.75) is 44.9 Å². The van der Waals surface area contributed by atoms with Gasteiger partial charge in [0.1, 0.15) is 0 Å². The van der Waals surface area contributed by atoms with Crippen molar-refractivity contribution in [3.8, 4) is 0 Å². The zero-order valence-corrected chi connectivity index (χ0v) is 14.8. The van der Waals surface area contributed by atoms with Gasteiger partial charge in [-0.25, -0.2) is 0 Å². The van der Waals surface area contributed by atoms with E-state index in [9.17, 15) is 12.9 Å². The summed E-state index contributed by atoms with van der Waals surface area (Å²) >= 11 is 0. The van der Waals surface area contributed by atoms with Crippen LogP contribution in [0, 0.1) is 0 Å². The third-order valence-corrected chi connectivity index (χ3v) is 3.76. The smallest absolute Gasteiger partial charge is 0.445 e. The minimum atomic E-state index is -4.90. The van der Waals surface area contributed by atoms with Crippen LogP contribution < -0.4 is 56.8 Å². The van der Waals surface area contributed by atoms with Gasteiger partial charge >= 0.3 is 58.4 Å². The minimum Gasteiger partial charge on any atom is -0.445 e. The summed E-state index contributed by atoms with van der Waals surface area (Å²) in [6.45, 7) is 3.34. The number of halogens is 3. The molecule has 1 aliphatic rings. The maximum atomic E-state index is 12.8. The predicted molar refractivity (Wildman–Crippen MR) is 65.8 cm³/mol. The van der Waals surface area contributed by atoms with Crippen LogP contribution in [0.25, 0.3) is 0 Å². The van der Waals surface area contributed by atoms with E-state index in [-0.39, 0.29) is 62.2 Å².